The third-order valence-electron chi connectivity index (χ3n) is 4.60. The zero-order valence-corrected chi connectivity index (χ0v) is 13.2. The van der Waals surface area contributed by atoms with Gasteiger partial charge in [-0.25, -0.2) is 0 Å². The highest BCUT2D eigenvalue weighted by Gasteiger charge is 2.34. The molecule has 0 unspecified atom stereocenters. The van der Waals surface area contributed by atoms with Gasteiger partial charge in [-0.05, 0) is 37.2 Å². The summed E-state index contributed by atoms with van der Waals surface area (Å²) >= 11 is 1.20. The normalized spacial score (nSPS) is 27.2. The highest BCUT2D eigenvalue weighted by Crippen LogP contribution is 2.25. The molecular formula is C14H22N4O2S. The Morgan fingerprint density at radius 3 is 2.71 bits per heavy atom. The fraction of sp³-hybridized carbons (Fsp3) is 0.786. The topological polar surface area (TPSA) is 69.6 Å². The lowest BCUT2D eigenvalue weighted by Crippen LogP contribution is -2.53. The maximum Gasteiger partial charge on any atom is 0.267 e. The van der Waals surface area contributed by atoms with Gasteiger partial charge in [-0.3, -0.25) is 9.69 Å². The monoisotopic (exact) mass is 310 g/mol. The molecule has 2 heterocycles. The van der Waals surface area contributed by atoms with Crippen LogP contribution in [-0.4, -0.2) is 68.7 Å². The van der Waals surface area contributed by atoms with Crippen LogP contribution in [0.15, 0.2) is 0 Å². The zero-order valence-electron chi connectivity index (χ0n) is 12.4. The van der Waals surface area contributed by atoms with Crippen LogP contribution < -0.4 is 0 Å². The van der Waals surface area contributed by atoms with E-state index in [0.717, 1.165) is 57.6 Å². The lowest BCUT2D eigenvalue weighted by atomic mass is 10.1. The van der Waals surface area contributed by atoms with Crippen LogP contribution in [0.5, 0.6) is 0 Å². The first-order chi connectivity index (χ1) is 10.2. The number of hydrogen-bond donors (Lipinski definition) is 1. The molecule has 1 saturated carbocycles. The van der Waals surface area contributed by atoms with Gasteiger partial charge in [0.1, 0.15) is 4.88 Å². The van der Waals surface area contributed by atoms with Crippen LogP contribution in [0.1, 0.15) is 41.6 Å². The molecular weight excluding hydrogens is 288 g/mol. The average Bonchev–Trinajstić information content (AvgIpc) is 3.15. The van der Waals surface area contributed by atoms with Crippen molar-refractivity contribution in [2.75, 3.05) is 26.2 Å². The maximum absolute atomic E-state index is 12.5. The van der Waals surface area contributed by atoms with Crippen molar-refractivity contribution >= 4 is 17.4 Å². The molecule has 1 aliphatic carbocycles. The van der Waals surface area contributed by atoms with Gasteiger partial charge in [0.2, 0.25) is 0 Å². The van der Waals surface area contributed by atoms with E-state index in [9.17, 15) is 9.90 Å². The molecule has 0 spiro atoms. The number of nitrogens with zero attached hydrogens (tertiary/aromatic N) is 4. The van der Waals surface area contributed by atoms with Crippen molar-refractivity contribution in [3.8, 4) is 0 Å². The van der Waals surface area contributed by atoms with Crippen molar-refractivity contribution < 1.29 is 9.90 Å². The number of hydrogen-bond acceptors (Lipinski definition) is 6. The molecule has 1 aliphatic heterocycles. The SMILES string of the molecule is CCc1nnsc1C(=O)N1CCN([C@@H]2CCC[C@H]2O)CC1. The van der Waals surface area contributed by atoms with Gasteiger partial charge < -0.3 is 10.0 Å². The fourth-order valence-electron chi connectivity index (χ4n) is 3.35. The van der Waals surface area contributed by atoms with Crippen molar-refractivity contribution in [1.29, 1.82) is 0 Å². The van der Waals surface area contributed by atoms with Crippen LogP contribution in [0.2, 0.25) is 0 Å². The summed E-state index contributed by atoms with van der Waals surface area (Å²) < 4.78 is 3.90. The number of rotatable bonds is 3. The quantitative estimate of drug-likeness (QED) is 0.893. The molecule has 1 aromatic rings. The summed E-state index contributed by atoms with van der Waals surface area (Å²) in [5.74, 6) is 0.0634. The predicted molar refractivity (Wildman–Crippen MR) is 80.4 cm³/mol. The summed E-state index contributed by atoms with van der Waals surface area (Å²) in [4.78, 5) is 17.4. The van der Waals surface area contributed by atoms with Gasteiger partial charge in [0.15, 0.2) is 0 Å². The number of amides is 1. The lowest BCUT2D eigenvalue weighted by Gasteiger charge is -2.38. The number of carbonyl (C=O) groups excluding carboxylic acids is 1. The number of aryl methyl sites for hydroxylation is 1. The number of aliphatic hydroxyl groups excluding tert-OH is 1. The van der Waals surface area contributed by atoms with E-state index in [1.807, 2.05) is 11.8 Å². The van der Waals surface area contributed by atoms with E-state index >= 15 is 0 Å². The number of carbonyl (C=O) groups is 1. The second-order valence-electron chi connectivity index (χ2n) is 5.80. The third-order valence-corrected chi connectivity index (χ3v) is 5.36. The van der Waals surface area contributed by atoms with E-state index in [0.29, 0.717) is 10.9 Å². The summed E-state index contributed by atoms with van der Waals surface area (Å²) in [6.07, 6.45) is 3.65. The Kier molecular flexibility index (Phi) is 4.51. The maximum atomic E-state index is 12.5. The molecule has 2 aliphatic rings. The smallest absolute Gasteiger partial charge is 0.267 e. The first kappa shape index (κ1) is 14.9. The highest BCUT2D eigenvalue weighted by atomic mass is 32.1. The Hall–Kier alpha value is -1.05. The average molecular weight is 310 g/mol. The first-order valence-corrected chi connectivity index (χ1v) is 8.50. The molecule has 1 aromatic heterocycles. The Labute approximate surface area is 128 Å². The van der Waals surface area contributed by atoms with Crippen molar-refractivity contribution in [3.05, 3.63) is 10.6 Å². The zero-order chi connectivity index (χ0) is 14.8. The van der Waals surface area contributed by atoms with Crippen molar-refractivity contribution in [2.45, 2.75) is 44.8 Å². The number of aliphatic hydroxyl groups is 1. The van der Waals surface area contributed by atoms with Crippen LogP contribution in [0.25, 0.3) is 0 Å². The van der Waals surface area contributed by atoms with Gasteiger partial charge in [-0.15, -0.1) is 5.10 Å². The Morgan fingerprint density at radius 2 is 2.10 bits per heavy atom. The van der Waals surface area contributed by atoms with Crippen molar-refractivity contribution in [3.63, 3.8) is 0 Å². The van der Waals surface area contributed by atoms with Crippen LogP contribution >= 0.6 is 11.5 Å². The van der Waals surface area contributed by atoms with Crippen LogP contribution in [-0.2, 0) is 6.42 Å². The standard InChI is InChI=1S/C14H22N4O2S/c1-2-10-13(21-16-15-10)14(20)18-8-6-17(7-9-18)11-4-3-5-12(11)19/h11-12,19H,2-9H2,1H3/t11-,12-/m1/s1. The molecule has 6 nitrogen and oxygen atoms in total. The Bertz CT molecular complexity index is 499. The van der Waals surface area contributed by atoms with E-state index in [-0.39, 0.29) is 12.0 Å². The number of piperazine rings is 1. The number of aromatic nitrogens is 2. The van der Waals surface area contributed by atoms with E-state index < -0.39 is 0 Å². The molecule has 0 bridgehead atoms. The molecule has 7 heteroatoms. The Morgan fingerprint density at radius 1 is 1.33 bits per heavy atom. The largest absolute Gasteiger partial charge is 0.391 e. The van der Waals surface area contributed by atoms with Gasteiger partial charge in [0, 0.05) is 32.2 Å². The van der Waals surface area contributed by atoms with E-state index in [4.69, 9.17) is 0 Å². The predicted octanol–water partition coefficient (Wildman–Crippen LogP) is 0.772. The lowest BCUT2D eigenvalue weighted by molar-refractivity contribution is 0.0317. The minimum atomic E-state index is -0.190. The molecule has 116 valence electrons. The molecule has 0 radical (unpaired) electrons. The van der Waals surface area contributed by atoms with Gasteiger partial charge in [-0.1, -0.05) is 11.4 Å². The van der Waals surface area contributed by atoms with Crippen molar-refractivity contribution in [2.24, 2.45) is 0 Å². The van der Waals surface area contributed by atoms with Gasteiger partial charge in [-0.2, -0.15) is 0 Å². The van der Waals surface area contributed by atoms with E-state index in [1.54, 1.807) is 0 Å². The van der Waals surface area contributed by atoms with Crippen LogP contribution in [0.4, 0.5) is 0 Å². The van der Waals surface area contributed by atoms with E-state index in [2.05, 4.69) is 14.5 Å². The van der Waals surface area contributed by atoms with Gasteiger partial charge >= 0.3 is 0 Å². The van der Waals surface area contributed by atoms with Gasteiger partial charge in [0.05, 0.1) is 11.8 Å². The second kappa shape index (κ2) is 6.37. The molecule has 0 aromatic carbocycles. The molecule has 1 amide bonds. The van der Waals surface area contributed by atoms with Crippen molar-refractivity contribution in [1.82, 2.24) is 19.4 Å². The molecule has 21 heavy (non-hydrogen) atoms. The summed E-state index contributed by atoms with van der Waals surface area (Å²) in [5, 5.41) is 14.0. The highest BCUT2D eigenvalue weighted by molar-refractivity contribution is 7.08. The molecule has 2 atom stereocenters. The van der Waals surface area contributed by atoms with Crippen LogP contribution in [0, 0.1) is 0 Å². The minimum absolute atomic E-state index is 0.0634. The molecule has 1 saturated heterocycles. The summed E-state index contributed by atoms with van der Waals surface area (Å²) in [6.45, 7) is 5.14. The minimum Gasteiger partial charge on any atom is -0.391 e. The molecule has 2 fully saturated rings. The second-order valence-corrected chi connectivity index (χ2v) is 6.55. The molecule has 3 rings (SSSR count). The summed E-state index contributed by atoms with van der Waals surface area (Å²) in [7, 11) is 0. The first-order valence-electron chi connectivity index (χ1n) is 7.73. The molecule has 1 N–H and O–H groups in total. The van der Waals surface area contributed by atoms with Gasteiger partial charge in [0.25, 0.3) is 5.91 Å². The van der Waals surface area contributed by atoms with Crippen LogP contribution in [0.3, 0.4) is 0 Å². The fourth-order valence-corrected chi connectivity index (χ4v) is 4.07. The summed E-state index contributed by atoms with van der Waals surface area (Å²) in [6, 6.07) is 0.290. The Balaban J connectivity index is 1.59. The third kappa shape index (κ3) is 2.95. The summed E-state index contributed by atoms with van der Waals surface area (Å²) in [5.41, 5.74) is 0.804. The van der Waals surface area contributed by atoms with E-state index in [1.165, 1.54) is 11.5 Å².